The van der Waals surface area contributed by atoms with Gasteiger partial charge < -0.3 is 10.5 Å². The van der Waals surface area contributed by atoms with Gasteiger partial charge in [0.1, 0.15) is 0 Å². The first kappa shape index (κ1) is 15.7. The second-order valence-electron chi connectivity index (χ2n) is 4.88. The van der Waals surface area contributed by atoms with E-state index >= 15 is 0 Å². The largest absolute Gasteiger partial charge is 0.377 e. The zero-order valence-corrected chi connectivity index (χ0v) is 13.0. The smallest absolute Gasteiger partial charge is 0.242 e. The predicted molar refractivity (Wildman–Crippen MR) is 78.1 cm³/mol. The van der Waals surface area contributed by atoms with Crippen molar-refractivity contribution in [2.45, 2.75) is 30.4 Å². The van der Waals surface area contributed by atoms with Crippen LogP contribution in [-0.2, 0) is 21.3 Å². The van der Waals surface area contributed by atoms with Crippen LogP contribution in [0.4, 0.5) is 0 Å². The number of hydrogen-bond acceptors (Lipinski definition) is 4. The molecule has 2 rings (SSSR count). The minimum atomic E-state index is -3.55. The van der Waals surface area contributed by atoms with Gasteiger partial charge in [0.2, 0.25) is 10.0 Å². The van der Waals surface area contributed by atoms with E-state index in [-0.39, 0.29) is 17.5 Å². The van der Waals surface area contributed by atoms with Crippen molar-refractivity contribution in [1.82, 2.24) is 4.31 Å². The molecule has 20 heavy (non-hydrogen) atoms. The molecule has 1 saturated heterocycles. The van der Waals surface area contributed by atoms with E-state index in [0.717, 1.165) is 18.4 Å². The highest BCUT2D eigenvalue weighted by molar-refractivity contribution is 7.89. The summed E-state index contributed by atoms with van der Waals surface area (Å²) in [4.78, 5) is 0.181. The van der Waals surface area contributed by atoms with Gasteiger partial charge in [0.05, 0.1) is 11.0 Å². The van der Waals surface area contributed by atoms with Crippen LogP contribution < -0.4 is 5.73 Å². The highest BCUT2D eigenvalue weighted by Gasteiger charge is 2.26. The van der Waals surface area contributed by atoms with Crippen molar-refractivity contribution in [1.29, 1.82) is 0 Å². The third-order valence-corrected chi connectivity index (χ3v) is 5.61. The van der Waals surface area contributed by atoms with E-state index in [9.17, 15) is 8.42 Å². The molecule has 0 aliphatic carbocycles. The summed E-state index contributed by atoms with van der Waals surface area (Å²) < 4.78 is 31.7. The summed E-state index contributed by atoms with van der Waals surface area (Å²) in [6.07, 6.45) is 1.86. The molecule has 0 radical (unpaired) electrons. The highest BCUT2D eigenvalue weighted by atomic mass is 35.5. The minimum absolute atomic E-state index is 0.0199. The maximum absolute atomic E-state index is 12.5. The van der Waals surface area contributed by atoms with Gasteiger partial charge in [-0.05, 0) is 30.5 Å². The lowest BCUT2D eigenvalue weighted by molar-refractivity contribution is 0.0979. The maximum atomic E-state index is 12.5. The van der Waals surface area contributed by atoms with Gasteiger partial charge in [-0.25, -0.2) is 8.42 Å². The molecular formula is C13H19ClN2O3S. The first-order valence-corrected chi connectivity index (χ1v) is 8.33. The third-order valence-electron chi connectivity index (χ3n) is 3.44. The lowest BCUT2D eigenvalue weighted by Gasteiger charge is -2.20. The summed E-state index contributed by atoms with van der Waals surface area (Å²) in [5.41, 5.74) is 6.25. The van der Waals surface area contributed by atoms with Crippen LogP contribution >= 0.6 is 11.6 Å². The molecule has 0 aromatic heterocycles. The summed E-state index contributed by atoms with van der Waals surface area (Å²) in [7, 11) is -1.99. The predicted octanol–water partition coefficient (Wildman–Crippen LogP) is 1.60. The molecule has 1 aromatic rings. The number of halogens is 1. The van der Waals surface area contributed by atoms with Crippen LogP contribution in [0.1, 0.15) is 18.4 Å². The van der Waals surface area contributed by atoms with E-state index in [1.165, 1.54) is 16.4 Å². The molecule has 0 saturated carbocycles. The summed E-state index contributed by atoms with van der Waals surface area (Å²) in [6, 6.07) is 4.63. The van der Waals surface area contributed by atoms with Crippen LogP contribution in [0, 0.1) is 0 Å². The van der Waals surface area contributed by atoms with Crippen LogP contribution in [0.3, 0.4) is 0 Å². The molecule has 0 amide bonds. The number of nitrogens with zero attached hydrogens (tertiary/aromatic N) is 1. The van der Waals surface area contributed by atoms with Gasteiger partial charge in [-0.3, -0.25) is 0 Å². The van der Waals surface area contributed by atoms with Crippen molar-refractivity contribution in [3.8, 4) is 0 Å². The molecule has 0 bridgehead atoms. The molecule has 0 spiro atoms. The highest BCUT2D eigenvalue weighted by Crippen LogP contribution is 2.23. The average Bonchev–Trinajstić information content (AvgIpc) is 2.91. The molecule has 1 aliphatic heterocycles. The number of nitrogens with two attached hydrogens (primary N) is 1. The molecule has 112 valence electrons. The normalized spacial score (nSPS) is 19.7. The SMILES string of the molecule is CN(CC1CCCO1)S(=O)(=O)c1ccc(CN)c(Cl)c1. The molecule has 5 nitrogen and oxygen atoms in total. The minimum Gasteiger partial charge on any atom is -0.377 e. The van der Waals surface area contributed by atoms with Crippen molar-refractivity contribution >= 4 is 21.6 Å². The standard InChI is InChI=1S/C13H19ClN2O3S/c1-16(9-11-3-2-6-19-11)20(17,18)12-5-4-10(8-15)13(14)7-12/h4-5,7,11H,2-3,6,8-9,15H2,1H3. The molecular weight excluding hydrogens is 300 g/mol. The fourth-order valence-corrected chi connectivity index (χ4v) is 3.76. The Kier molecular flexibility index (Phi) is 5.04. The Balaban J connectivity index is 2.18. The monoisotopic (exact) mass is 318 g/mol. The number of benzene rings is 1. The number of sulfonamides is 1. The number of hydrogen-bond donors (Lipinski definition) is 1. The molecule has 1 atom stereocenters. The summed E-state index contributed by atoms with van der Waals surface area (Å²) in [5, 5.41) is 0.374. The number of rotatable bonds is 5. The van der Waals surface area contributed by atoms with Gasteiger partial charge in [-0.15, -0.1) is 0 Å². The van der Waals surface area contributed by atoms with Crippen molar-refractivity contribution in [2.24, 2.45) is 5.73 Å². The van der Waals surface area contributed by atoms with Crippen molar-refractivity contribution in [2.75, 3.05) is 20.2 Å². The second kappa shape index (κ2) is 6.41. The van der Waals surface area contributed by atoms with Crippen molar-refractivity contribution in [3.63, 3.8) is 0 Å². The zero-order valence-electron chi connectivity index (χ0n) is 11.4. The fraction of sp³-hybridized carbons (Fsp3) is 0.538. The summed E-state index contributed by atoms with van der Waals surface area (Å²) in [6.45, 7) is 1.35. The first-order chi connectivity index (χ1) is 9.45. The Labute approximate surface area is 124 Å². The zero-order chi connectivity index (χ0) is 14.8. The van der Waals surface area contributed by atoms with Gasteiger partial charge in [0.25, 0.3) is 0 Å². The summed E-state index contributed by atoms with van der Waals surface area (Å²) >= 11 is 6.02. The average molecular weight is 319 g/mol. The van der Waals surface area contributed by atoms with Gasteiger partial charge in [0, 0.05) is 31.8 Å². The second-order valence-corrected chi connectivity index (χ2v) is 7.33. The van der Waals surface area contributed by atoms with Gasteiger partial charge in [0.15, 0.2) is 0 Å². The van der Waals surface area contributed by atoms with E-state index < -0.39 is 10.0 Å². The van der Waals surface area contributed by atoms with E-state index in [2.05, 4.69) is 0 Å². The van der Waals surface area contributed by atoms with Crippen LogP contribution in [0.15, 0.2) is 23.1 Å². The maximum Gasteiger partial charge on any atom is 0.242 e. The van der Waals surface area contributed by atoms with E-state index in [1.54, 1.807) is 13.1 Å². The molecule has 1 fully saturated rings. The molecule has 1 aliphatic rings. The van der Waals surface area contributed by atoms with Crippen molar-refractivity contribution in [3.05, 3.63) is 28.8 Å². The first-order valence-electron chi connectivity index (χ1n) is 6.51. The third kappa shape index (κ3) is 3.32. The van der Waals surface area contributed by atoms with Gasteiger partial charge in [-0.1, -0.05) is 17.7 Å². The Morgan fingerprint density at radius 1 is 1.50 bits per heavy atom. The van der Waals surface area contributed by atoms with Crippen molar-refractivity contribution < 1.29 is 13.2 Å². The Morgan fingerprint density at radius 2 is 2.25 bits per heavy atom. The van der Waals surface area contributed by atoms with E-state index in [1.807, 2.05) is 0 Å². The quantitative estimate of drug-likeness (QED) is 0.895. The molecule has 1 heterocycles. The van der Waals surface area contributed by atoms with Gasteiger partial charge in [-0.2, -0.15) is 4.31 Å². The van der Waals surface area contributed by atoms with Crippen LogP contribution in [0.25, 0.3) is 0 Å². The molecule has 7 heteroatoms. The van der Waals surface area contributed by atoms with Crippen LogP contribution in [0.5, 0.6) is 0 Å². The van der Waals surface area contributed by atoms with E-state index in [0.29, 0.717) is 18.2 Å². The fourth-order valence-electron chi connectivity index (χ4n) is 2.21. The number of likely N-dealkylation sites (N-methyl/N-ethyl adjacent to an activating group) is 1. The Morgan fingerprint density at radius 3 is 2.80 bits per heavy atom. The van der Waals surface area contributed by atoms with Crippen LogP contribution in [-0.4, -0.2) is 39.0 Å². The van der Waals surface area contributed by atoms with Crippen LogP contribution in [0.2, 0.25) is 5.02 Å². The summed E-state index contributed by atoms with van der Waals surface area (Å²) in [5.74, 6) is 0. The topological polar surface area (TPSA) is 72.6 Å². The Bertz CT molecular complexity index is 571. The molecule has 2 N–H and O–H groups in total. The molecule has 1 aromatic carbocycles. The lowest BCUT2D eigenvalue weighted by atomic mass is 10.2. The van der Waals surface area contributed by atoms with E-state index in [4.69, 9.17) is 22.1 Å². The number of ether oxygens (including phenoxy) is 1. The van der Waals surface area contributed by atoms with Gasteiger partial charge >= 0.3 is 0 Å². The Hall–Kier alpha value is -0.660. The molecule has 1 unspecified atom stereocenters. The lowest BCUT2D eigenvalue weighted by Crippen LogP contribution is -2.34.